The number of amides is 1. The summed E-state index contributed by atoms with van der Waals surface area (Å²) < 4.78 is 42.5. The maximum absolute atomic E-state index is 14.9. The second-order valence-electron chi connectivity index (χ2n) is 8.89. The van der Waals surface area contributed by atoms with Gasteiger partial charge in [-0.15, -0.1) is 0 Å². The van der Waals surface area contributed by atoms with E-state index in [1.807, 2.05) is 18.0 Å². The summed E-state index contributed by atoms with van der Waals surface area (Å²) in [6.45, 7) is 5.86. The number of alkyl halides is 2. The summed E-state index contributed by atoms with van der Waals surface area (Å²) in [6, 6.07) is 3.43. The van der Waals surface area contributed by atoms with Gasteiger partial charge in [-0.1, -0.05) is 24.3 Å². The fraction of sp³-hybridized carbons (Fsp3) is 0.400. The monoisotopic (exact) mass is 471 g/mol. The van der Waals surface area contributed by atoms with Gasteiger partial charge in [-0.2, -0.15) is 0 Å². The molecular formula is C25H28F3N5O. The van der Waals surface area contributed by atoms with Crippen LogP contribution in [0.2, 0.25) is 0 Å². The van der Waals surface area contributed by atoms with E-state index in [2.05, 4.69) is 21.4 Å². The summed E-state index contributed by atoms with van der Waals surface area (Å²) >= 11 is 0. The molecule has 1 atom stereocenters. The molecular weight excluding hydrogens is 443 g/mol. The van der Waals surface area contributed by atoms with Crippen molar-refractivity contribution in [2.24, 2.45) is 0 Å². The molecule has 34 heavy (non-hydrogen) atoms. The topological polar surface area (TPSA) is 61.4 Å². The minimum Gasteiger partial charge on any atom is -0.363 e. The minimum absolute atomic E-state index is 0.0569. The van der Waals surface area contributed by atoms with Gasteiger partial charge in [0.1, 0.15) is 23.8 Å². The highest BCUT2D eigenvalue weighted by Gasteiger charge is 2.31. The minimum atomic E-state index is -3.28. The van der Waals surface area contributed by atoms with E-state index in [9.17, 15) is 18.0 Å². The lowest BCUT2D eigenvalue weighted by molar-refractivity contribution is -0.128. The second-order valence-corrected chi connectivity index (χ2v) is 8.89. The van der Waals surface area contributed by atoms with Crippen LogP contribution in [0.5, 0.6) is 0 Å². The highest BCUT2D eigenvalue weighted by molar-refractivity contribution is 5.80. The van der Waals surface area contributed by atoms with E-state index in [1.165, 1.54) is 24.0 Å². The lowest BCUT2D eigenvalue weighted by Gasteiger charge is -2.32. The van der Waals surface area contributed by atoms with Crippen molar-refractivity contribution in [3.63, 3.8) is 0 Å². The highest BCUT2D eigenvalue weighted by Crippen LogP contribution is 2.36. The third-order valence-electron chi connectivity index (χ3n) is 6.34. The molecule has 2 aliphatic heterocycles. The average Bonchev–Trinajstić information content (AvgIpc) is 2.79. The molecule has 3 heterocycles. The molecule has 0 bridgehead atoms. The van der Waals surface area contributed by atoms with Crippen molar-refractivity contribution in [3.05, 3.63) is 64.3 Å². The number of nitrogens with one attached hydrogen (secondary N) is 1. The predicted molar refractivity (Wildman–Crippen MR) is 126 cm³/mol. The van der Waals surface area contributed by atoms with Gasteiger partial charge in [0.15, 0.2) is 0 Å². The van der Waals surface area contributed by atoms with Gasteiger partial charge in [0, 0.05) is 46.1 Å². The number of anilines is 2. The Balaban J connectivity index is 1.65. The number of hydrogen-bond donors (Lipinski definition) is 1. The van der Waals surface area contributed by atoms with E-state index in [1.54, 1.807) is 18.7 Å². The SMILES string of the molecule is CC(=O)N1CC=C(C2=Cc3c(N[C@H](C)c4cccc(C(C)(F)F)c4F)ncnc3N(C)C2)CC1. The number of likely N-dealkylation sites (N-methyl/N-ethyl adjacent to an activating group) is 1. The maximum Gasteiger partial charge on any atom is 0.273 e. The normalized spacial score (nSPS) is 17.0. The van der Waals surface area contributed by atoms with E-state index in [0.717, 1.165) is 29.4 Å². The van der Waals surface area contributed by atoms with Crippen molar-refractivity contribution < 1.29 is 18.0 Å². The fourth-order valence-corrected chi connectivity index (χ4v) is 4.44. The predicted octanol–water partition coefficient (Wildman–Crippen LogP) is 4.91. The molecule has 0 unspecified atom stereocenters. The zero-order valence-corrected chi connectivity index (χ0v) is 19.7. The van der Waals surface area contributed by atoms with Crippen LogP contribution in [0.4, 0.5) is 24.8 Å². The molecule has 6 nitrogen and oxygen atoms in total. The number of fused-ring (bicyclic) bond motifs is 1. The molecule has 1 aromatic heterocycles. The summed E-state index contributed by atoms with van der Waals surface area (Å²) in [7, 11) is 1.93. The van der Waals surface area contributed by atoms with Gasteiger partial charge >= 0.3 is 0 Å². The number of nitrogens with zero attached hydrogens (tertiary/aromatic N) is 4. The Hall–Kier alpha value is -3.36. The molecule has 0 spiro atoms. The largest absolute Gasteiger partial charge is 0.363 e. The summed E-state index contributed by atoms with van der Waals surface area (Å²) in [4.78, 5) is 24.2. The molecule has 4 rings (SSSR count). The molecule has 0 radical (unpaired) electrons. The Morgan fingerprint density at radius 1 is 1.24 bits per heavy atom. The van der Waals surface area contributed by atoms with Gasteiger partial charge in [0.05, 0.1) is 17.2 Å². The second kappa shape index (κ2) is 9.12. The fourth-order valence-electron chi connectivity index (χ4n) is 4.44. The van der Waals surface area contributed by atoms with Gasteiger partial charge < -0.3 is 15.1 Å². The van der Waals surface area contributed by atoms with E-state index >= 15 is 0 Å². The van der Waals surface area contributed by atoms with Crippen LogP contribution in [0.15, 0.2) is 41.7 Å². The summed E-state index contributed by atoms with van der Waals surface area (Å²) in [5.41, 5.74) is 2.53. The van der Waals surface area contributed by atoms with Gasteiger partial charge in [-0.25, -0.2) is 23.1 Å². The summed E-state index contributed by atoms with van der Waals surface area (Å²) in [5, 5.41) is 3.19. The number of rotatable bonds is 5. The first-order valence-electron chi connectivity index (χ1n) is 11.2. The van der Waals surface area contributed by atoms with Gasteiger partial charge in [-0.3, -0.25) is 4.79 Å². The van der Waals surface area contributed by atoms with Crippen molar-refractivity contribution in [3.8, 4) is 0 Å². The highest BCUT2D eigenvalue weighted by atomic mass is 19.3. The van der Waals surface area contributed by atoms with Crippen molar-refractivity contribution >= 4 is 23.6 Å². The van der Waals surface area contributed by atoms with Crippen LogP contribution in [-0.2, 0) is 10.7 Å². The molecule has 0 fully saturated rings. The molecule has 1 aromatic carbocycles. The Morgan fingerprint density at radius 2 is 2.00 bits per heavy atom. The Bertz CT molecular complexity index is 1170. The van der Waals surface area contributed by atoms with E-state index in [-0.39, 0.29) is 11.5 Å². The quantitative estimate of drug-likeness (QED) is 0.671. The first-order valence-corrected chi connectivity index (χ1v) is 11.2. The molecule has 2 aliphatic rings. The summed E-state index contributed by atoms with van der Waals surface area (Å²) in [6.07, 6.45) is 6.28. The van der Waals surface area contributed by atoms with Crippen molar-refractivity contribution in [2.45, 2.75) is 39.2 Å². The molecule has 0 saturated carbocycles. The molecule has 0 saturated heterocycles. The molecule has 1 N–H and O–H groups in total. The smallest absolute Gasteiger partial charge is 0.273 e. The molecule has 1 amide bonds. The van der Waals surface area contributed by atoms with E-state index in [0.29, 0.717) is 32.4 Å². The number of carbonyl (C=O) groups is 1. The third kappa shape index (κ3) is 4.64. The van der Waals surface area contributed by atoms with Gasteiger partial charge in [0.2, 0.25) is 5.91 Å². The number of carbonyl (C=O) groups excluding carboxylic acids is 1. The maximum atomic E-state index is 14.9. The van der Waals surface area contributed by atoms with Gasteiger partial charge in [-0.05, 0) is 30.6 Å². The number of halogens is 3. The first-order chi connectivity index (χ1) is 16.1. The standard InChI is InChI=1S/C25H28F3N5O/c1-15(19-6-5-7-21(22(19)26)25(3,27)28)31-23-20-12-18(13-32(4)24(20)30-14-29-23)17-8-10-33(11-9-17)16(2)34/h5-8,12,14-15H,9-11,13H2,1-4H3,(H,29,30,31)/t15-/m1/s1. The molecule has 180 valence electrons. The average molecular weight is 472 g/mol. The number of benzene rings is 1. The zero-order valence-electron chi connectivity index (χ0n) is 19.7. The van der Waals surface area contributed by atoms with E-state index < -0.39 is 23.3 Å². The van der Waals surface area contributed by atoms with Gasteiger partial charge in [0.25, 0.3) is 5.92 Å². The Labute approximate surface area is 197 Å². The van der Waals surface area contributed by atoms with Crippen LogP contribution in [0, 0.1) is 5.82 Å². The Kier molecular flexibility index (Phi) is 6.38. The van der Waals surface area contributed by atoms with Crippen molar-refractivity contribution in [2.75, 3.05) is 36.9 Å². The lowest BCUT2D eigenvalue weighted by Crippen LogP contribution is -2.34. The lowest BCUT2D eigenvalue weighted by atomic mass is 9.94. The van der Waals surface area contributed by atoms with Crippen molar-refractivity contribution in [1.29, 1.82) is 0 Å². The molecule has 9 heteroatoms. The number of aromatic nitrogens is 2. The third-order valence-corrected chi connectivity index (χ3v) is 6.34. The van der Waals surface area contributed by atoms with Crippen LogP contribution < -0.4 is 10.2 Å². The zero-order chi connectivity index (χ0) is 24.6. The number of hydrogen-bond acceptors (Lipinski definition) is 5. The van der Waals surface area contributed by atoms with Crippen LogP contribution in [0.1, 0.15) is 49.9 Å². The van der Waals surface area contributed by atoms with Crippen LogP contribution >= 0.6 is 0 Å². The van der Waals surface area contributed by atoms with Crippen LogP contribution in [-0.4, -0.2) is 47.5 Å². The van der Waals surface area contributed by atoms with Crippen molar-refractivity contribution in [1.82, 2.24) is 14.9 Å². The molecule has 2 aromatic rings. The van der Waals surface area contributed by atoms with Crippen LogP contribution in [0.3, 0.4) is 0 Å². The first kappa shape index (κ1) is 23.8. The summed E-state index contributed by atoms with van der Waals surface area (Å²) in [5.74, 6) is -2.92. The van der Waals surface area contributed by atoms with Crippen LogP contribution in [0.25, 0.3) is 6.08 Å². The van der Waals surface area contributed by atoms with E-state index in [4.69, 9.17) is 0 Å². The molecule has 0 aliphatic carbocycles. The Morgan fingerprint density at radius 3 is 2.65 bits per heavy atom.